The molecule has 0 atom stereocenters. The maximum Gasteiger partial charge on any atom is 0.154 e. The molecular formula is C28H35N3O. The van der Waals surface area contributed by atoms with Crippen LogP contribution >= 0.6 is 0 Å². The Morgan fingerprint density at radius 3 is 2.56 bits per heavy atom. The van der Waals surface area contributed by atoms with Gasteiger partial charge in [0.15, 0.2) is 5.78 Å². The van der Waals surface area contributed by atoms with Crippen LogP contribution in [0.3, 0.4) is 0 Å². The van der Waals surface area contributed by atoms with E-state index in [1.54, 1.807) is 0 Å². The number of hydrogen-bond acceptors (Lipinski definition) is 4. The van der Waals surface area contributed by atoms with E-state index in [0.717, 1.165) is 49.3 Å². The number of nitrogens with one attached hydrogen (secondary N) is 2. The van der Waals surface area contributed by atoms with Crippen LogP contribution in [0.4, 0.5) is 11.4 Å². The van der Waals surface area contributed by atoms with E-state index < -0.39 is 0 Å². The van der Waals surface area contributed by atoms with Crippen molar-refractivity contribution in [2.75, 3.05) is 23.3 Å². The van der Waals surface area contributed by atoms with Crippen molar-refractivity contribution in [1.82, 2.24) is 5.32 Å². The lowest BCUT2D eigenvalue weighted by atomic mass is 9.94. The van der Waals surface area contributed by atoms with Crippen LogP contribution in [0, 0.1) is 5.92 Å². The van der Waals surface area contributed by atoms with Gasteiger partial charge < -0.3 is 15.5 Å². The molecule has 3 aliphatic rings. The van der Waals surface area contributed by atoms with Gasteiger partial charge in [-0.15, -0.1) is 0 Å². The van der Waals surface area contributed by atoms with Gasteiger partial charge in [0.1, 0.15) is 0 Å². The van der Waals surface area contributed by atoms with Crippen molar-refractivity contribution in [3.63, 3.8) is 0 Å². The molecule has 2 aliphatic carbocycles. The summed E-state index contributed by atoms with van der Waals surface area (Å²) in [6, 6.07) is 15.8. The third-order valence-electron chi connectivity index (χ3n) is 7.28. The lowest BCUT2D eigenvalue weighted by Gasteiger charge is -2.33. The molecule has 0 spiro atoms. The average molecular weight is 430 g/mol. The predicted molar refractivity (Wildman–Crippen MR) is 133 cm³/mol. The monoisotopic (exact) mass is 429 g/mol. The lowest BCUT2D eigenvalue weighted by molar-refractivity contribution is -0.118. The first-order valence-electron chi connectivity index (χ1n) is 12.4. The summed E-state index contributed by atoms with van der Waals surface area (Å²) in [4.78, 5) is 14.7. The quantitative estimate of drug-likeness (QED) is 0.579. The number of fused-ring (bicyclic) bond motifs is 1. The van der Waals surface area contributed by atoms with Gasteiger partial charge in [-0.1, -0.05) is 50.1 Å². The Labute approximate surface area is 192 Å². The molecule has 1 heterocycles. The van der Waals surface area contributed by atoms with Crippen LogP contribution in [0.2, 0.25) is 0 Å². The normalized spacial score (nSPS) is 18.7. The van der Waals surface area contributed by atoms with Crippen molar-refractivity contribution < 1.29 is 4.79 Å². The van der Waals surface area contributed by atoms with Crippen LogP contribution in [0.1, 0.15) is 61.6 Å². The van der Waals surface area contributed by atoms with Gasteiger partial charge in [-0.3, -0.25) is 4.79 Å². The number of anilines is 2. The SMILES string of the molecule is C=C(NC1CCCCC1)c1cc(NCC(=O)C2CC2)ccc1N1CCc2ccccc2C1. The van der Waals surface area contributed by atoms with Crippen molar-refractivity contribution >= 4 is 22.9 Å². The van der Waals surface area contributed by atoms with Crippen LogP contribution in [0.15, 0.2) is 49.0 Å². The first kappa shape index (κ1) is 21.1. The summed E-state index contributed by atoms with van der Waals surface area (Å²) in [6.45, 7) is 6.81. The molecular weight excluding hydrogens is 394 g/mol. The molecule has 168 valence electrons. The van der Waals surface area contributed by atoms with E-state index >= 15 is 0 Å². The minimum Gasteiger partial charge on any atom is -0.382 e. The number of ketones is 1. The van der Waals surface area contributed by atoms with Gasteiger partial charge >= 0.3 is 0 Å². The van der Waals surface area contributed by atoms with Gasteiger partial charge in [-0.2, -0.15) is 0 Å². The molecule has 0 unspecified atom stereocenters. The van der Waals surface area contributed by atoms with Gasteiger partial charge in [-0.25, -0.2) is 0 Å². The van der Waals surface area contributed by atoms with Crippen molar-refractivity contribution in [3.05, 3.63) is 65.7 Å². The molecule has 0 saturated heterocycles. The minimum absolute atomic E-state index is 0.289. The van der Waals surface area contributed by atoms with Crippen molar-refractivity contribution in [2.45, 2.75) is 64.0 Å². The molecule has 32 heavy (non-hydrogen) atoms. The number of hydrogen-bond donors (Lipinski definition) is 2. The van der Waals surface area contributed by atoms with Gasteiger partial charge in [0, 0.05) is 47.7 Å². The molecule has 1 aliphatic heterocycles. The number of Topliss-reactive ketones (excluding diaryl/α,β-unsaturated/α-hetero) is 1. The van der Waals surface area contributed by atoms with Crippen LogP contribution in [-0.4, -0.2) is 24.9 Å². The van der Waals surface area contributed by atoms with Crippen LogP contribution in [-0.2, 0) is 17.8 Å². The highest BCUT2D eigenvalue weighted by Crippen LogP contribution is 2.34. The molecule has 5 rings (SSSR count). The topological polar surface area (TPSA) is 44.4 Å². The standard InChI is InChI=1S/C28H35N3O/c1-20(30-24-9-3-2-4-10-24)26-17-25(29-18-28(32)22-11-12-22)13-14-27(26)31-16-15-21-7-5-6-8-23(21)19-31/h5-8,13-14,17,22,24,29-30H,1-4,9-12,15-16,18-19H2. The van der Waals surface area contributed by atoms with Crippen LogP contribution in [0.5, 0.6) is 0 Å². The van der Waals surface area contributed by atoms with Crippen molar-refractivity contribution in [2.24, 2.45) is 5.92 Å². The molecule has 2 aromatic rings. The lowest BCUT2D eigenvalue weighted by Crippen LogP contribution is -2.33. The number of benzene rings is 2. The summed E-state index contributed by atoms with van der Waals surface area (Å²) < 4.78 is 0. The summed E-state index contributed by atoms with van der Waals surface area (Å²) in [5.74, 6) is 0.625. The highest BCUT2D eigenvalue weighted by molar-refractivity contribution is 5.87. The molecule has 2 saturated carbocycles. The van der Waals surface area contributed by atoms with Crippen LogP contribution < -0.4 is 15.5 Å². The van der Waals surface area contributed by atoms with E-state index in [4.69, 9.17) is 0 Å². The molecule has 0 radical (unpaired) electrons. The number of rotatable bonds is 8. The summed E-state index contributed by atoms with van der Waals surface area (Å²) in [5, 5.41) is 7.11. The fraction of sp³-hybridized carbons (Fsp3) is 0.464. The Morgan fingerprint density at radius 2 is 1.78 bits per heavy atom. The van der Waals surface area contributed by atoms with E-state index in [1.165, 1.54) is 48.9 Å². The van der Waals surface area contributed by atoms with Crippen molar-refractivity contribution in [3.8, 4) is 0 Å². The summed E-state index contributed by atoms with van der Waals surface area (Å²) >= 11 is 0. The molecule has 0 bridgehead atoms. The van der Waals surface area contributed by atoms with Gasteiger partial charge in [0.05, 0.1) is 6.54 Å². The number of nitrogens with zero attached hydrogens (tertiary/aromatic N) is 1. The van der Waals surface area contributed by atoms with E-state index in [2.05, 4.69) is 64.6 Å². The van der Waals surface area contributed by atoms with Gasteiger partial charge in [0.25, 0.3) is 0 Å². The largest absolute Gasteiger partial charge is 0.382 e. The zero-order valence-electron chi connectivity index (χ0n) is 19.0. The molecule has 4 heteroatoms. The second-order valence-electron chi connectivity index (χ2n) is 9.72. The summed E-state index contributed by atoms with van der Waals surface area (Å²) in [7, 11) is 0. The third kappa shape index (κ3) is 4.85. The molecule has 4 nitrogen and oxygen atoms in total. The second-order valence-corrected chi connectivity index (χ2v) is 9.72. The third-order valence-corrected chi connectivity index (χ3v) is 7.28. The minimum atomic E-state index is 0.289. The molecule has 2 aromatic carbocycles. The molecule has 2 fully saturated rings. The Hall–Kier alpha value is -2.75. The number of carbonyl (C=O) groups excluding carboxylic acids is 1. The van der Waals surface area contributed by atoms with Gasteiger partial charge in [0.2, 0.25) is 0 Å². The first-order chi connectivity index (χ1) is 15.7. The maximum atomic E-state index is 12.2. The highest BCUT2D eigenvalue weighted by Gasteiger charge is 2.29. The van der Waals surface area contributed by atoms with E-state index in [9.17, 15) is 4.79 Å². The molecule has 0 aromatic heterocycles. The maximum absolute atomic E-state index is 12.2. The fourth-order valence-electron chi connectivity index (χ4n) is 5.17. The van der Waals surface area contributed by atoms with E-state index in [-0.39, 0.29) is 5.92 Å². The fourth-order valence-corrected chi connectivity index (χ4v) is 5.17. The second kappa shape index (κ2) is 9.40. The predicted octanol–water partition coefficient (Wildman–Crippen LogP) is 5.53. The van der Waals surface area contributed by atoms with E-state index in [0.29, 0.717) is 18.4 Å². The molecule has 2 N–H and O–H groups in total. The number of carbonyl (C=O) groups is 1. The van der Waals surface area contributed by atoms with Crippen molar-refractivity contribution in [1.29, 1.82) is 0 Å². The average Bonchev–Trinajstić information content (AvgIpc) is 3.68. The Morgan fingerprint density at radius 1 is 1.00 bits per heavy atom. The Bertz CT molecular complexity index is 988. The van der Waals surface area contributed by atoms with E-state index in [1.807, 2.05) is 0 Å². The summed E-state index contributed by atoms with van der Waals surface area (Å²) in [5.41, 5.74) is 7.25. The first-order valence-corrected chi connectivity index (χ1v) is 12.4. The highest BCUT2D eigenvalue weighted by atomic mass is 16.1. The Kier molecular flexibility index (Phi) is 6.20. The zero-order valence-corrected chi connectivity index (χ0v) is 19.0. The zero-order chi connectivity index (χ0) is 21.9. The summed E-state index contributed by atoms with van der Waals surface area (Å²) in [6.07, 6.45) is 9.56. The molecule has 0 amide bonds. The smallest absolute Gasteiger partial charge is 0.154 e. The van der Waals surface area contributed by atoms with Gasteiger partial charge in [-0.05, 0) is 61.4 Å². The Balaban J connectivity index is 1.38. The van der Waals surface area contributed by atoms with Crippen LogP contribution in [0.25, 0.3) is 5.70 Å².